The normalized spacial score (nSPS) is 11.0. The Hall–Kier alpha value is -0.971. The number of furan rings is 1. The molecule has 0 fully saturated rings. The first-order valence-electron chi connectivity index (χ1n) is 5.02. The van der Waals surface area contributed by atoms with Crippen LogP contribution in [0.4, 0.5) is 0 Å². The monoisotopic (exact) mass is 296 g/mol. The second-order valence-corrected chi connectivity index (χ2v) is 5.82. The predicted molar refractivity (Wildman–Crippen MR) is 69.8 cm³/mol. The van der Waals surface area contributed by atoms with Crippen molar-refractivity contribution in [1.82, 2.24) is 0 Å². The Morgan fingerprint density at radius 2 is 2.00 bits per heavy atom. The minimum atomic E-state index is -1.36. The fourth-order valence-electron chi connectivity index (χ4n) is 1.33. The molecule has 86 valence electrons. The molecule has 4 nitrogen and oxygen atoms in total. The van der Waals surface area contributed by atoms with Gasteiger partial charge in [-0.2, -0.15) is 0 Å². The molecule has 3 N–H and O–H groups in total. The Kier molecular flexibility index (Phi) is 4.10. The van der Waals surface area contributed by atoms with E-state index in [1.54, 1.807) is 24.3 Å². The van der Waals surface area contributed by atoms with Crippen LogP contribution >= 0.6 is 0 Å². The molecule has 0 aromatic carbocycles. The van der Waals surface area contributed by atoms with Gasteiger partial charge in [-0.3, -0.25) is 0 Å². The summed E-state index contributed by atoms with van der Waals surface area (Å²) in [6, 6.07) is 7.08. The molecule has 0 bridgehead atoms. The summed E-state index contributed by atoms with van der Waals surface area (Å²) in [7, 11) is -1.47. The molecule has 0 amide bonds. The van der Waals surface area contributed by atoms with Crippen LogP contribution in [0, 0.1) is 0 Å². The van der Waals surface area contributed by atoms with Crippen LogP contribution in [0.2, 0.25) is 0 Å². The molecule has 17 heavy (non-hydrogen) atoms. The predicted octanol–water partition coefficient (Wildman–Crippen LogP) is -1.84. The van der Waals surface area contributed by atoms with E-state index in [2.05, 4.69) is 0 Å². The number of hydrogen-bond donors (Lipinski definition) is 3. The fourth-order valence-corrected chi connectivity index (χ4v) is 2.98. The van der Waals surface area contributed by atoms with Gasteiger partial charge in [-0.15, -0.1) is 0 Å². The third-order valence-corrected chi connectivity index (χ3v) is 4.44. The fraction of sp³-hybridized carbons (Fsp3) is 0. The molecule has 0 atom stereocenters. The molecule has 2 rings (SSSR count). The Labute approximate surface area is 105 Å². The number of hydrogen-bond acceptors (Lipinski definition) is 4. The van der Waals surface area contributed by atoms with Gasteiger partial charge in [-0.25, -0.2) is 0 Å². The molecule has 2 aromatic rings. The Morgan fingerprint density at radius 3 is 2.59 bits per heavy atom. The second-order valence-electron chi connectivity index (χ2n) is 3.41. The first-order chi connectivity index (χ1) is 8.19. The minimum absolute atomic E-state index is 0.0446. The quantitative estimate of drug-likeness (QED) is 0.579. The van der Waals surface area contributed by atoms with Crippen molar-refractivity contribution in [2.24, 2.45) is 0 Å². The van der Waals surface area contributed by atoms with E-state index in [4.69, 9.17) is 19.5 Å². The van der Waals surface area contributed by atoms with Crippen molar-refractivity contribution >= 4 is 51.3 Å². The van der Waals surface area contributed by atoms with Crippen LogP contribution < -0.4 is 10.00 Å². The van der Waals surface area contributed by atoms with Gasteiger partial charge in [0.1, 0.15) is 0 Å². The Balaban J connectivity index is 2.08. The van der Waals surface area contributed by atoms with Gasteiger partial charge < -0.3 is 0 Å². The van der Waals surface area contributed by atoms with E-state index >= 15 is 0 Å². The van der Waals surface area contributed by atoms with Crippen LogP contribution in [0.5, 0.6) is 0 Å². The molecule has 0 saturated heterocycles. The molecule has 0 unspecified atom stereocenters. The maximum absolute atomic E-state index is 8.99. The van der Waals surface area contributed by atoms with Crippen molar-refractivity contribution in [3.8, 4) is 0 Å². The summed E-state index contributed by atoms with van der Waals surface area (Å²) >= 11 is -0.0446. The summed E-state index contributed by atoms with van der Waals surface area (Å²) in [6.07, 6.45) is 3.68. The van der Waals surface area contributed by atoms with Crippen LogP contribution in [0.3, 0.4) is 0 Å². The molecule has 0 spiro atoms. The Morgan fingerprint density at radius 1 is 1.18 bits per heavy atom. The van der Waals surface area contributed by atoms with Gasteiger partial charge in [0.2, 0.25) is 0 Å². The van der Waals surface area contributed by atoms with Gasteiger partial charge in [0.15, 0.2) is 0 Å². The van der Waals surface area contributed by atoms with Crippen LogP contribution in [-0.4, -0.2) is 44.2 Å². The molecule has 0 saturated carbocycles. The zero-order valence-electron chi connectivity index (χ0n) is 8.91. The maximum atomic E-state index is 8.99. The summed E-state index contributed by atoms with van der Waals surface area (Å²) in [5.74, 6) is 0.670. The second kappa shape index (κ2) is 5.58. The van der Waals surface area contributed by atoms with Gasteiger partial charge in [0.25, 0.3) is 0 Å². The molecule has 7 heteroatoms. The molecule has 2 aromatic heterocycles. The van der Waals surface area contributed by atoms with Crippen molar-refractivity contribution in [3.63, 3.8) is 0 Å². The summed E-state index contributed by atoms with van der Waals surface area (Å²) in [5, 5.41) is 26.8. The summed E-state index contributed by atoms with van der Waals surface area (Å²) in [4.78, 5) is 0. The molecule has 0 aliphatic heterocycles. The van der Waals surface area contributed by atoms with Crippen molar-refractivity contribution in [3.05, 3.63) is 34.5 Å². The van der Waals surface area contributed by atoms with Gasteiger partial charge in [-0.1, -0.05) is 0 Å². The van der Waals surface area contributed by atoms with E-state index in [1.165, 1.54) is 0 Å². The third kappa shape index (κ3) is 3.25. The first kappa shape index (κ1) is 12.5. The van der Waals surface area contributed by atoms with E-state index in [0.29, 0.717) is 15.8 Å². The first-order valence-corrected chi connectivity index (χ1v) is 6.74. The summed E-state index contributed by atoms with van der Waals surface area (Å²) < 4.78 is 6.98. The Bertz CT molecular complexity index is 518. The molecular formula is C10H10B2O4Se. The summed E-state index contributed by atoms with van der Waals surface area (Å²) in [6.45, 7) is 0. The average Bonchev–Trinajstić information content (AvgIpc) is 2.95. The van der Waals surface area contributed by atoms with Crippen LogP contribution in [0.25, 0.3) is 12.2 Å². The van der Waals surface area contributed by atoms with Gasteiger partial charge in [0, 0.05) is 0 Å². The van der Waals surface area contributed by atoms with Gasteiger partial charge >= 0.3 is 105 Å². The molecule has 2 heterocycles. The van der Waals surface area contributed by atoms with Crippen LogP contribution in [0.1, 0.15) is 10.2 Å². The molecular weight excluding hydrogens is 285 g/mol. The summed E-state index contributed by atoms with van der Waals surface area (Å²) in [5.41, 5.74) is 0.528. The third-order valence-electron chi connectivity index (χ3n) is 2.15. The zero-order valence-corrected chi connectivity index (χ0v) is 10.6. The standard InChI is InChI=1S/C10H10B2O4Se/c13-11-9-5-2-7(16-9)1-3-8-4-6-10(17-8)12(14)15/h1-6,11,13-15H/b3-1+. The van der Waals surface area contributed by atoms with Crippen molar-refractivity contribution in [2.45, 2.75) is 0 Å². The van der Waals surface area contributed by atoms with E-state index in [0.717, 1.165) is 4.44 Å². The molecule has 0 radical (unpaired) electrons. The molecule has 0 aliphatic rings. The van der Waals surface area contributed by atoms with E-state index < -0.39 is 7.12 Å². The van der Waals surface area contributed by atoms with E-state index in [1.807, 2.05) is 12.1 Å². The van der Waals surface area contributed by atoms with Crippen molar-refractivity contribution in [1.29, 1.82) is 0 Å². The van der Waals surface area contributed by atoms with E-state index in [9.17, 15) is 0 Å². The zero-order chi connectivity index (χ0) is 12.3. The van der Waals surface area contributed by atoms with Crippen LogP contribution in [0.15, 0.2) is 28.7 Å². The van der Waals surface area contributed by atoms with Crippen molar-refractivity contribution in [2.75, 3.05) is 0 Å². The van der Waals surface area contributed by atoms with Crippen LogP contribution in [-0.2, 0) is 0 Å². The SMILES string of the molecule is OBc1ccc(/C=C/c2ccc(B(O)O)[se]2)o1. The van der Waals surface area contributed by atoms with Crippen molar-refractivity contribution < 1.29 is 19.5 Å². The molecule has 0 aliphatic carbocycles. The number of rotatable bonds is 4. The van der Waals surface area contributed by atoms with E-state index in [-0.39, 0.29) is 22.0 Å². The van der Waals surface area contributed by atoms with Gasteiger partial charge in [-0.05, 0) is 0 Å². The average molecular weight is 295 g/mol. The van der Waals surface area contributed by atoms with Gasteiger partial charge in [0.05, 0.1) is 0 Å². The topological polar surface area (TPSA) is 73.8 Å².